The molecule has 0 atom stereocenters. The highest BCUT2D eigenvalue weighted by Gasteiger charge is 2.30. The zero-order valence-electron chi connectivity index (χ0n) is 26.6. The number of rotatable bonds is 7. The SMILES string of the molecule is CC(C)(C)OC(=O)N1CCC(Cc2c(-c3ccccc3)nc3ccccc3c2C(=O)NN(c2ccccc2)c2ccccc2)CC1. The lowest BCUT2D eigenvalue weighted by atomic mass is 9.85. The Hall–Kier alpha value is -5.17. The number of nitrogens with one attached hydrogen (secondary N) is 1. The fraction of sp³-hybridized carbons (Fsp3) is 0.256. The van der Waals surface area contributed by atoms with E-state index < -0.39 is 5.60 Å². The Balaban J connectivity index is 1.40. The van der Waals surface area contributed by atoms with Crippen LogP contribution < -0.4 is 10.4 Å². The van der Waals surface area contributed by atoms with Gasteiger partial charge in [0.25, 0.3) is 5.91 Å². The van der Waals surface area contributed by atoms with Crippen LogP contribution >= 0.6 is 0 Å². The van der Waals surface area contributed by atoms with Gasteiger partial charge in [-0.3, -0.25) is 15.2 Å². The molecule has 1 aliphatic rings. The average molecular weight is 613 g/mol. The van der Waals surface area contributed by atoms with Crippen molar-refractivity contribution in [1.82, 2.24) is 15.3 Å². The fourth-order valence-electron chi connectivity index (χ4n) is 6.07. The monoisotopic (exact) mass is 612 g/mol. The molecule has 0 saturated carbocycles. The molecule has 0 bridgehead atoms. The van der Waals surface area contributed by atoms with E-state index in [2.05, 4.69) is 5.43 Å². The number of likely N-dealkylation sites (tertiary alicyclic amines) is 1. The number of carbonyl (C=O) groups excluding carboxylic acids is 2. The summed E-state index contributed by atoms with van der Waals surface area (Å²) < 4.78 is 5.64. The second-order valence-electron chi connectivity index (χ2n) is 12.8. The van der Waals surface area contributed by atoms with Crippen LogP contribution in [0.25, 0.3) is 22.2 Å². The number of carbonyl (C=O) groups is 2. The molecule has 2 heterocycles. The summed E-state index contributed by atoms with van der Waals surface area (Å²) in [6.07, 6.45) is 2.00. The van der Waals surface area contributed by atoms with Crippen LogP contribution in [0.3, 0.4) is 0 Å². The summed E-state index contributed by atoms with van der Waals surface area (Å²) >= 11 is 0. The van der Waals surface area contributed by atoms with E-state index in [1.165, 1.54) is 0 Å². The number of nitrogens with zero attached hydrogens (tertiary/aromatic N) is 3. The van der Waals surface area contributed by atoms with Gasteiger partial charge >= 0.3 is 6.09 Å². The third kappa shape index (κ3) is 7.04. The molecule has 46 heavy (non-hydrogen) atoms. The summed E-state index contributed by atoms with van der Waals surface area (Å²) in [6, 6.07) is 37.6. The molecule has 2 amide bonds. The maximum atomic E-state index is 14.7. The Bertz CT molecular complexity index is 1760. The number of fused-ring (bicyclic) bond motifs is 1. The number of piperidine rings is 1. The van der Waals surface area contributed by atoms with Crippen molar-refractivity contribution in [3.8, 4) is 11.3 Å². The molecule has 1 aromatic heterocycles. The molecule has 0 radical (unpaired) electrons. The molecule has 0 unspecified atom stereocenters. The second-order valence-corrected chi connectivity index (χ2v) is 12.8. The van der Waals surface area contributed by atoms with E-state index in [9.17, 15) is 9.59 Å². The van der Waals surface area contributed by atoms with Gasteiger partial charge in [-0.25, -0.2) is 9.78 Å². The minimum Gasteiger partial charge on any atom is -0.444 e. The molecule has 7 heteroatoms. The first kappa shape index (κ1) is 30.8. The molecule has 1 fully saturated rings. The summed E-state index contributed by atoms with van der Waals surface area (Å²) in [7, 11) is 0. The van der Waals surface area contributed by atoms with E-state index in [-0.39, 0.29) is 17.9 Å². The summed E-state index contributed by atoms with van der Waals surface area (Å²) in [5.41, 5.74) is 8.49. The van der Waals surface area contributed by atoms with Crippen LogP contribution in [-0.4, -0.2) is 40.6 Å². The lowest BCUT2D eigenvalue weighted by Gasteiger charge is -2.34. The lowest BCUT2D eigenvalue weighted by molar-refractivity contribution is 0.0184. The number of hydrogen-bond acceptors (Lipinski definition) is 5. The van der Waals surface area contributed by atoms with E-state index in [4.69, 9.17) is 9.72 Å². The molecule has 0 spiro atoms. The number of benzene rings is 4. The van der Waals surface area contributed by atoms with Crippen molar-refractivity contribution in [2.75, 3.05) is 18.1 Å². The molecule has 6 rings (SSSR count). The molecule has 7 nitrogen and oxygen atoms in total. The smallest absolute Gasteiger partial charge is 0.410 e. The van der Waals surface area contributed by atoms with Gasteiger partial charge in [0.15, 0.2) is 0 Å². The highest BCUT2D eigenvalue weighted by atomic mass is 16.6. The zero-order valence-corrected chi connectivity index (χ0v) is 26.6. The van der Waals surface area contributed by atoms with E-state index in [0.717, 1.165) is 51.9 Å². The van der Waals surface area contributed by atoms with Crippen molar-refractivity contribution in [2.45, 2.75) is 45.6 Å². The van der Waals surface area contributed by atoms with Gasteiger partial charge in [0.2, 0.25) is 0 Å². The first-order valence-electron chi connectivity index (χ1n) is 15.9. The molecular weight excluding hydrogens is 572 g/mol. The van der Waals surface area contributed by atoms with Crippen LogP contribution in [0.4, 0.5) is 16.2 Å². The molecule has 0 aliphatic carbocycles. The average Bonchev–Trinajstić information content (AvgIpc) is 3.07. The minimum atomic E-state index is -0.537. The molecule has 4 aromatic carbocycles. The minimum absolute atomic E-state index is 0.204. The quantitative estimate of drug-likeness (QED) is 0.186. The maximum absolute atomic E-state index is 14.7. The van der Waals surface area contributed by atoms with Crippen LogP contribution in [0.5, 0.6) is 0 Å². The van der Waals surface area contributed by atoms with Gasteiger partial charge in [0.1, 0.15) is 5.60 Å². The summed E-state index contributed by atoms with van der Waals surface area (Å²) in [4.78, 5) is 34.4. The molecule has 1 saturated heterocycles. The lowest BCUT2D eigenvalue weighted by Crippen LogP contribution is -2.42. The Labute approximate surface area is 270 Å². The van der Waals surface area contributed by atoms with Crippen molar-refractivity contribution >= 4 is 34.3 Å². The number of pyridine rings is 1. The third-order valence-electron chi connectivity index (χ3n) is 8.27. The second kappa shape index (κ2) is 13.4. The Kier molecular flexibility index (Phi) is 9.01. The molecule has 234 valence electrons. The van der Waals surface area contributed by atoms with Crippen LogP contribution in [0.15, 0.2) is 115 Å². The standard InChI is InChI=1S/C39H40N4O3/c1-39(2,3)46-38(45)42-25-23-28(24-26-42)27-33-35(32-21-13-14-22-34(32)40-36(33)29-15-7-4-8-16-29)37(44)41-43(30-17-9-5-10-18-30)31-19-11-6-12-20-31/h4-22,28H,23-27H2,1-3H3,(H,41,44). The summed E-state index contributed by atoms with van der Waals surface area (Å²) in [5, 5.41) is 2.64. The largest absolute Gasteiger partial charge is 0.444 e. The number of anilines is 2. The number of hydrazine groups is 1. The van der Waals surface area contributed by atoms with Crippen LogP contribution in [-0.2, 0) is 11.2 Å². The van der Waals surface area contributed by atoms with Gasteiger partial charge in [-0.05, 0) is 81.8 Å². The number of ether oxygens (including phenoxy) is 1. The Morgan fingerprint density at radius 3 is 1.93 bits per heavy atom. The van der Waals surface area contributed by atoms with Gasteiger partial charge < -0.3 is 9.64 Å². The van der Waals surface area contributed by atoms with Crippen molar-refractivity contribution in [3.63, 3.8) is 0 Å². The number of aromatic nitrogens is 1. The number of hydrogen-bond donors (Lipinski definition) is 1. The van der Waals surface area contributed by atoms with Crippen LogP contribution in [0, 0.1) is 5.92 Å². The van der Waals surface area contributed by atoms with Crippen molar-refractivity contribution in [1.29, 1.82) is 0 Å². The first-order chi connectivity index (χ1) is 22.3. The van der Waals surface area contributed by atoms with E-state index in [1.807, 2.05) is 141 Å². The third-order valence-corrected chi connectivity index (χ3v) is 8.27. The van der Waals surface area contributed by atoms with E-state index in [0.29, 0.717) is 25.1 Å². The van der Waals surface area contributed by atoms with Gasteiger partial charge in [-0.1, -0.05) is 84.9 Å². The normalized spacial score (nSPS) is 13.8. The summed E-state index contributed by atoms with van der Waals surface area (Å²) in [5.74, 6) is 0.0553. The highest BCUT2D eigenvalue weighted by molar-refractivity contribution is 6.09. The topological polar surface area (TPSA) is 74.8 Å². The predicted molar refractivity (Wildman–Crippen MR) is 184 cm³/mol. The molecule has 1 N–H and O–H groups in total. The van der Waals surface area contributed by atoms with E-state index >= 15 is 0 Å². The van der Waals surface area contributed by atoms with Crippen molar-refractivity contribution in [3.05, 3.63) is 126 Å². The Morgan fingerprint density at radius 1 is 0.804 bits per heavy atom. The van der Waals surface area contributed by atoms with Crippen molar-refractivity contribution < 1.29 is 14.3 Å². The molecule has 5 aromatic rings. The Morgan fingerprint density at radius 2 is 1.35 bits per heavy atom. The van der Waals surface area contributed by atoms with Crippen LogP contribution in [0.1, 0.15) is 49.5 Å². The number of amides is 2. The number of para-hydroxylation sites is 3. The van der Waals surface area contributed by atoms with Gasteiger partial charge in [-0.15, -0.1) is 0 Å². The van der Waals surface area contributed by atoms with E-state index in [1.54, 1.807) is 4.90 Å². The highest BCUT2D eigenvalue weighted by Crippen LogP contribution is 2.35. The predicted octanol–water partition coefficient (Wildman–Crippen LogP) is 8.57. The molecule has 1 aliphatic heterocycles. The van der Waals surface area contributed by atoms with Gasteiger partial charge in [0.05, 0.1) is 28.1 Å². The molecular formula is C39H40N4O3. The van der Waals surface area contributed by atoms with Gasteiger partial charge in [0, 0.05) is 24.0 Å². The van der Waals surface area contributed by atoms with Crippen LogP contribution in [0.2, 0.25) is 0 Å². The van der Waals surface area contributed by atoms with Crippen molar-refractivity contribution in [2.24, 2.45) is 5.92 Å². The maximum Gasteiger partial charge on any atom is 0.410 e. The summed E-state index contributed by atoms with van der Waals surface area (Å²) in [6.45, 7) is 6.88. The first-order valence-corrected chi connectivity index (χ1v) is 15.9. The zero-order chi connectivity index (χ0) is 32.1. The fourth-order valence-corrected chi connectivity index (χ4v) is 6.07. The van der Waals surface area contributed by atoms with Gasteiger partial charge in [-0.2, -0.15) is 0 Å².